The normalized spacial score (nSPS) is 12.1. The molecule has 0 bridgehead atoms. The second-order valence-corrected chi connectivity index (χ2v) is 3.31. The van der Waals surface area contributed by atoms with E-state index in [4.69, 9.17) is 5.11 Å². The van der Waals surface area contributed by atoms with Gasteiger partial charge in [0.2, 0.25) is 0 Å². The molecule has 1 aromatic heterocycles. The van der Waals surface area contributed by atoms with Crippen LogP contribution in [0.1, 0.15) is 20.3 Å². The van der Waals surface area contributed by atoms with Crippen LogP contribution in [0.2, 0.25) is 0 Å². The van der Waals surface area contributed by atoms with Gasteiger partial charge < -0.3 is 15.0 Å². The Hall–Kier alpha value is -1.85. The van der Waals surface area contributed by atoms with Gasteiger partial charge in [0, 0.05) is 18.9 Å². The third kappa shape index (κ3) is 2.59. The van der Waals surface area contributed by atoms with Crippen molar-refractivity contribution in [2.24, 2.45) is 0 Å². The lowest BCUT2D eigenvalue weighted by atomic mass is 10.2. The van der Waals surface area contributed by atoms with Gasteiger partial charge in [0.25, 0.3) is 5.56 Å². The van der Waals surface area contributed by atoms with E-state index in [2.05, 4.69) is 10.3 Å². The van der Waals surface area contributed by atoms with Gasteiger partial charge in [-0.1, -0.05) is 6.92 Å². The molecule has 0 fully saturated rings. The van der Waals surface area contributed by atoms with Crippen molar-refractivity contribution in [3.63, 3.8) is 0 Å². The van der Waals surface area contributed by atoms with E-state index in [1.807, 2.05) is 6.92 Å². The van der Waals surface area contributed by atoms with Crippen LogP contribution in [-0.4, -0.2) is 26.7 Å². The molecule has 0 saturated carbocycles. The summed E-state index contributed by atoms with van der Waals surface area (Å²) in [6, 6.07) is -0.784. The lowest BCUT2D eigenvalue weighted by molar-refractivity contribution is -0.137. The number of rotatable bonds is 5. The van der Waals surface area contributed by atoms with Crippen molar-refractivity contribution in [1.29, 1.82) is 0 Å². The maximum Gasteiger partial charge on any atom is 0.326 e. The van der Waals surface area contributed by atoms with Gasteiger partial charge in [-0.3, -0.25) is 4.79 Å². The average molecular weight is 225 g/mol. The van der Waals surface area contributed by atoms with Gasteiger partial charge in [0.1, 0.15) is 6.04 Å². The second kappa shape index (κ2) is 5.29. The topological polar surface area (TPSA) is 84.2 Å². The average Bonchev–Trinajstić information content (AvgIpc) is 2.27. The number of aliphatic carboxylic acids is 1. The van der Waals surface area contributed by atoms with Crippen LogP contribution in [0, 0.1) is 0 Å². The molecule has 6 heteroatoms. The number of carbonyl (C=O) groups is 1. The molecule has 0 amide bonds. The zero-order chi connectivity index (χ0) is 12.1. The summed E-state index contributed by atoms with van der Waals surface area (Å²) >= 11 is 0. The number of aryl methyl sites for hydroxylation is 1. The van der Waals surface area contributed by atoms with E-state index < -0.39 is 12.0 Å². The smallest absolute Gasteiger partial charge is 0.326 e. The highest BCUT2D eigenvalue weighted by atomic mass is 16.4. The van der Waals surface area contributed by atoms with E-state index in [-0.39, 0.29) is 11.4 Å². The Labute approximate surface area is 92.9 Å². The Balaban J connectivity index is 2.97. The van der Waals surface area contributed by atoms with Crippen molar-refractivity contribution >= 4 is 11.8 Å². The number of hydrogen-bond acceptors (Lipinski definition) is 4. The van der Waals surface area contributed by atoms with Gasteiger partial charge >= 0.3 is 5.97 Å². The molecular weight excluding hydrogens is 210 g/mol. The molecule has 1 rings (SSSR count). The van der Waals surface area contributed by atoms with Crippen molar-refractivity contribution in [2.45, 2.75) is 32.9 Å². The summed E-state index contributed by atoms with van der Waals surface area (Å²) < 4.78 is 1.46. The third-order valence-electron chi connectivity index (χ3n) is 2.27. The van der Waals surface area contributed by atoms with Gasteiger partial charge in [-0.05, 0) is 13.3 Å². The summed E-state index contributed by atoms with van der Waals surface area (Å²) in [6.45, 7) is 4.09. The molecule has 1 heterocycles. The highest BCUT2D eigenvalue weighted by Gasteiger charge is 2.16. The zero-order valence-corrected chi connectivity index (χ0v) is 9.30. The molecule has 1 unspecified atom stereocenters. The van der Waals surface area contributed by atoms with Crippen molar-refractivity contribution in [3.8, 4) is 0 Å². The zero-order valence-electron chi connectivity index (χ0n) is 9.30. The van der Waals surface area contributed by atoms with Crippen LogP contribution in [-0.2, 0) is 11.3 Å². The highest BCUT2D eigenvalue weighted by Crippen LogP contribution is 2.00. The monoisotopic (exact) mass is 225 g/mol. The quantitative estimate of drug-likeness (QED) is 0.764. The number of nitrogens with one attached hydrogen (secondary N) is 1. The highest BCUT2D eigenvalue weighted by molar-refractivity contribution is 5.76. The van der Waals surface area contributed by atoms with Crippen molar-refractivity contribution in [1.82, 2.24) is 9.55 Å². The first-order chi connectivity index (χ1) is 7.60. The minimum Gasteiger partial charge on any atom is -0.480 e. The molecule has 16 heavy (non-hydrogen) atoms. The number of carboxylic acids is 1. The number of aromatic nitrogens is 2. The number of carboxylic acid groups (broad SMARTS) is 1. The summed E-state index contributed by atoms with van der Waals surface area (Å²) in [5, 5.41) is 11.5. The molecule has 0 aliphatic carbocycles. The van der Waals surface area contributed by atoms with E-state index in [1.165, 1.54) is 10.8 Å². The molecule has 0 aliphatic heterocycles. The Bertz CT molecular complexity index is 428. The molecule has 0 spiro atoms. The van der Waals surface area contributed by atoms with E-state index in [0.717, 1.165) is 0 Å². The first-order valence-corrected chi connectivity index (χ1v) is 5.14. The Morgan fingerprint density at radius 1 is 1.62 bits per heavy atom. The molecule has 6 nitrogen and oxygen atoms in total. The molecule has 2 N–H and O–H groups in total. The van der Waals surface area contributed by atoms with Crippen LogP contribution in [0.15, 0.2) is 17.2 Å². The van der Waals surface area contributed by atoms with Crippen molar-refractivity contribution < 1.29 is 9.90 Å². The first kappa shape index (κ1) is 12.2. The molecule has 1 atom stereocenters. The SMILES string of the molecule is CCC(Nc1nccn(CC)c1=O)C(=O)O. The number of nitrogens with zero attached hydrogens (tertiary/aromatic N) is 2. The first-order valence-electron chi connectivity index (χ1n) is 5.14. The molecule has 0 aromatic carbocycles. The molecule has 0 saturated heterocycles. The van der Waals surface area contributed by atoms with E-state index >= 15 is 0 Å². The fourth-order valence-corrected chi connectivity index (χ4v) is 1.30. The summed E-state index contributed by atoms with van der Waals surface area (Å²) in [7, 11) is 0. The summed E-state index contributed by atoms with van der Waals surface area (Å²) in [5.74, 6) is -0.908. The predicted molar refractivity (Wildman–Crippen MR) is 59.5 cm³/mol. The summed E-state index contributed by atoms with van der Waals surface area (Å²) in [6.07, 6.45) is 3.43. The minimum absolute atomic E-state index is 0.0820. The van der Waals surface area contributed by atoms with Gasteiger partial charge in [-0.15, -0.1) is 0 Å². The molecule has 0 aliphatic rings. The number of hydrogen-bond donors (Lipinski definition) is 2. The Morgan fingerprint density at radius 2 is 2.31 bits per heavy atom. The van der Waals surface area contributed by atoms with Gasteiger partial charge in [-0.2, -0.15) is 0 Å². The molecule has 88 valence electrons. The summed E-state index contributed by atoms with van der Waals surface area (Å²) in [5.41, 5.74) is -0.301. The minimum atomic E-state index is -0.990. The van der Waals surface area contributed by atoms with E-state index in [1.54, 1.807) is 13.1 Å². The van der Waals surface area contributed by atoms with Gasteiger partial charge in [0.05, 0.1) is 0 Å². The van der Waals surface area contributed by atoms with Crippen LogP contribution in [0.4, 0.5) is 5.82 Å². The molecule has 1 aromatic rings. The fourth-order valence-electron chi connectivity index (χ4n) is 1.30. The second-order valence-electron chi connectivity index (χ2n) is 3.31. The summed E-state index contributed by atoms with van der Waals surface area (Å²) in [4.78, 5) is 26.4. The molecular formula is C10H15N3O3. The van der Waals surface area contributed by atoms with Gasteiger partial charge in [0.15, 0.2) is 5.82 Å². The van der Waals surface area contributed by atoms with Crippen LogP contribution in [0.3, 0.4) is 0 Å². The standard InChI is InChI=1S/C10H15N3O3/c1-3-7(10(15)16)12-8-9(14)13(4-2)6-5-11-8/h5-7H,3-4H2,1-2H3,(H,11,12)(H,15,16). The molecule has 0 radical (unpaired) electrons. The van der Waals surface area contributed by atoms with Crippen LogP contribution >= 0.6 is 0 Å². The van der Waals surface area contributed by atoms with Crippen LogP contribution in [0.5, 0.6) is 0 Å². The third-order valence-corrected chi connectivity index (χ3v) is 2.27. The van der Waals surface area contributed by atoms with Crippen molar-refractivity contribution in [3.05, 3.63) is 22.7 Å². The number of anilines is 1. The van der Waals surface area contributed by atoms with Gasteiger partial charge in [-0.25, -0.2) is 9.78 Å². The van der Waals surface area contributed by atoms with E-state index in [9.17, 15) is 9.59 Å². The van der Waals surface area contributed by atoms with Crippen LogP contribution in [0.25, 0.3) is 0 Å². The Kier molecular flexibility index (Phi) is 4.04. The fraction of sp³-hybridized carbons (Fsp3) is 0.500. The maximum absolute atomic E-state index is 11.7. The Morgan fingerprint density at radius 3 is 2.81 bits per heavy atom. The lowest BCUT2D eigenvalue weighted by Gasteiger charge is -2.12. The van der Waals surface area contributed by atoms with E-state index in [0.29, 0.717) is 13.0 Å². The largest absolute Gasteiger partial charge is 0.480 e. The van der Waals surface area contributed by atoms with Crippen LogP contribution < -0.4 is 10.9 Å². The van der Waals surface area contributed by atoms with Crippen molar-refractivity contribution in [2.75, 3.05) is 5.32 Å². The predicted octanol–water partition coefficient (Wildman–Crippen LogP) is 0.538. The lowest BCUT2D eigenvalue weighted by Crippen LogP contribution is -2.33. The maximum atomic E-state index is 11.7.